The van der Waals surface area contributed by atoms with E-state index in [2.05, 4.69) is 163 Å². The Morgan fingerprint density at radius 1 is 0.389 bits per heavy atom. The van der Waals surface area contributed by atoms with E-state index in [1.807, 2.05) is 0 Å². The Morgan fingerprint density at radius 2 is 0.611 bits per heavy atom. The van der Waals surface area contributed by atoms with E-state index in [-0.39, 0.29) is 21.7 Å². The Hall–Kier alpha value is -1.38. The van der Waals surface area contributed by atoms with Crippen LogP contribution in [0.3, 0.4) is 0 Å². The average molecular weight is 613 g/mol. The van der Waals surface area contributed by atoms with Gasteiger partial charge in [-0.2, -0.15) is 0 Å². The number of rotatable bonds is 2. The van der Waals surface area contributed by atoms with Crippen molar-refractivity contribution in [3.8, 4) is 22.3 Å². The fourth-order valence-corrected chi connectivity index (χ4v) is 5.44. The second-order valence-corrected chi connectivity index (χ2v) is 16.0. The molecule has 3 rings (SSSR count). The Balaban J connectivity index is 2.25. The zero-order valence-electron chi connectivity index (χ0n) is 24.4. The van der Waals surface area contributed by atoms with Gasteiger partial charge < -0.3 is 0 Å². The van der Waals surface area contributed by atoms with Crippen LogP contribution < -0.4 is 0 Å². The van der Waals surface area contributed by atoms with Crippen LogP contribution in [-0.4, -0.2) is 0 Å². The highest BCUT2D eigenvalue weighted by Crippen LogP contribution is 2.44. The van der Waals surface area contributed by atoms with Crippen LogP contribution in [0.5, 0.6) is 0 Å². The van der Waals surface area contributed by atoms with Crippen LogP contribution in [0, 0.1) is 0 Å². The molecular formula is C34H44Br2. The molecule has 36 heavy (non-hydrogen) atoms. The summed E-state index contributed by atoms with van der Waals surface area (Å²) in [6.07, 6.45) is 0. The third-order valence-corrected chi connectivity index (χ3v) is 9.21. The van der Waals surface area contributed by atoms with Gasteiger partial charge in [0.05, 0.1) is 0 Å². The maximum atomic E-state index is 3.98. The number of benzene rings is 3. The molecule has 194 valence electrons. The van der Waals surface area contributed by atoms with Crippen molar-refractivity contribution >= 4 is 31.9 Å². The molecule has 3 aromatic carbocycles. The normalized spacial score (nSPS) is 13.3. The molecule has 0 heterocycles. The molecule has 0 saturated heterocycles. The minimum Gasteiger partial charge on any atom is -0.0561 e. The Bertz CT molecular complexity index is 1100. The topological polar surface area (TPSA) is 0 Å². The monoisotopic (exact) mass is 610 g/mol. The van der Waals surface area contributed by atoms with E-state index >= 15 is 0 Å². The summed E-state index contributed by atoms with van der Waals surface area (Å²) in [6, 6.07) is 18.8. The Kier molecular flexibility index (Phi) is 7.89. The van der Waals surface area contributed by atoms with Crippen molar-refractivity contribution in [1.29, 1.82) is 0 Å². The molecule has 0 saturated carbocycles. The van der Waals surface area contributed by atoms with Gasteiger partial charge in [-0.05, 0) is 98.0 Å². The molecule has 2 heteroatoms. The summed E-state index contributed by atoms with van der Waals surface area (Å²) in [6.45, 7) is 27.5. The first kappa shape index (κ1) is 29.2. The quantitative estimate of drug-likeness (QED) is 0.270. The lowest BCUT2D eigenvalue weighted by Crippen LogP contribution is -2.16. The summed E-state index contributed by atoms with van der Waals surface area (Å²) in [7, 11) is 0. The number of halogens is 2. The summed E-state index contributed by atoms with van der Waals surface area (Å²) in [4.78, 5) is 0. The SMILES string of the molecule is CC(C)(C)c1cc(-c2ccc(-c3cc(C(C)(C)C)cc(C(C)(C)C)c3)c(Br)c2Br)cc(C(C)(C)C)c1. The van der Waals surface area contributed by atoms with Gasteiger partial charge in [0, 0.05) is 8.95 Å². The van der Waals surface area contributed by atoms with E-state index in [9.17, 15) is 0 Å². The van der Waals surface area contributed by atoms with E-state index in [4.69, 9.17) is 0 Å². The van der Waals surface area contributed by atoms with Gasteiger partial charge in [-0.1, -0.05) is 132 Å². The van der Waals surface area contributed by atoms with E-state index in [0.29, 0.717) is 0 Å². The molecule has 0 spiro atoms. The molecule has 0 aliphatic heterocycles. The fraction of sp³-hybridized carbons (Fsp3) is 0.471. The molecule has 3 aromatic rings. The molecule has 0 bridgehead atoms. The molecule has 0 aromatic heterocycles. The largest absolute Gasteiger partial charge is 0.0561 e. The van der Waals surface area contributed by atoms with Gasteiger partial charge in [-0.3, -0.25) is 0 Å². The van der Waals surface area contributed by atoms with Crippen molar-refractivity contribution in [2.45, 2.75) is 105 Å². The highest BCUT2D eigenvalue weighted by atomic mass is 79.9. The van der Waals surface area contributed by atoms with Crippen LogP contribution in [0.4, 0.5) is 0 Å². The summed E-state index contributed by atoms with van der Waals surface area (Å²) < 4.78 is 2.20. The lowest BCUT2D eigenvalue weighted by atomic mass is 9.78. The van der Waals surface area contributed by atoms with Gasteiger partial charge in [0.1, 0.15) is 0 Å². The van der Waals surface area contributed by atoms with Gasteiger partial charge >= 0.3 is 0 Å². The predicted molar refractivity (Wildman–Crippen MR) is 168 cm³/mol. The molecule has 0 amide bonds. The fourth-order valence-electron chi connectivity index (χ4n) is 4.29. The molecule has 0 aliphatic rings. The zero-order valence-corrected chi connectivity index (χ0v) is 27.5. The predicted octanol–water partition coefficient (Wildman–Crippen LogP) is 11.7. The van der Waals surface area contributed by atoms with E-state index in [0.717, 1.165) is 8.95 Å². The second-order valence-electron chi connectivity index (χ2n) is 14.4. The van der Waals surface area contributed by atoms with Gasteiger partial charge in [0.25, 0.3) is 0 Å². The summed E-state index contributed by atoms with van der Waals surface area (Å²) in [5.41, 5.74) is 10.7. The van der Waals surface area contributed by atoms with Crippen LogP contribution in [-0.2, 0) is 21.7 Å². The van der Waals surface area contributed by atoms with Crippen LogP contribution in [0.1, 0.15) is 105 Å². The zero-order chi connectivity index (χ0) is 27.4. The van der Waals surface area contributed by atoms with Crippen LogP contribution >= 0.6 is 31.9 Å². The number of hydrogen-bond donors (Lipinski definition) is 0. The van der Waals surface area contributed by atoms with Gasteiger partial charge in [-0.25, -0.2) is 0 Å². The van der Waals surface area contributed by atoms with Crippen molar-refractivity contribution in [3.63, 3.8) is 0 Å². The van der Waals surface area contributed by atoms with E-state index in [1.165, 1.54) is 44.5 Å². The third-order valence-electron chi connectivity index (χ3n) is 7.03. The van der Waals surface area contributed by atoms with E-state index in [1.54, 1.807) is 0 Å². The Labute approximate surface area is 237 Å². The lowest BCUT2D eigenvalue weighted by Gasteiger charge is -2.27. The Morgan fingerprint density at radius 3 is 0.806 bits per heavy atom. The molecule has 0 aliphatic carbocycles. The van der Waals surface area contributed by atoms with Crippen molar-refractivity contribution < 1.29 is 0 Å². The van der Waals surface area contributed by atoms with Gasteiger partial charge in [-0.15, -0.1) is 0 Å². The van der Waals surface area contributed by atoms with Crippen molar-refractivity contribution in [3.05, 3.63) is 79.7 Å². The first-order valence-corrected chi connectivity index (χ1v) is 14.6. The summed E-state index contributed by atoms with van der Waals surface area (Å²) >= 11 is 7.97. The highest BCUT2D eigenvalue weighted by molar-refractivity contribution is 9.13. The maximum Gasteiger partial charge on any atom is 0.0402 e. The van der Waals surface area contributed by atoms with Crippen LogP contribution in [0.25, 0.3) is 22.3 Å². The number of hydrogen-bond acceptors (Lipinski definition) is 0. The van der Waals surface area contributed by atoms with Gasteiger partial charge in [0.15, 0.2) is 0 Å². The van der Waals surface area contributed by atoms with E-state index < -0.39 is 0 Å². The minimum atomic E-state index is 0.0798. The maximum absolute atomic E-state index is 3.98. The van der Waals surface area contributed by atoms with Gasteiger partial charge in [0.2, 0.25) is 0 Å². The summed E-state index contributed by atoms with van der Waals surface area (Å²) in [5.74, 6) is 0. The van der Waals surface area contributed by atoms with Crippen LogP contribution in [0.15, 0.2) is 57.5 Å². The first-order chi connectivity index (χ1) is 16.2. The molecule has 0 atom stereocenters. The third kappa shape index (κ3) is 6.36. The molecular weight excluding hydrogens is 568 g/mol. The van der Waals surface area contributed by atoms with Crippen molar-refractivity contribution in [1.82, 2.24) is 0 Å². The average Bonchev–Trinajstić information content (AvgIpc) is 2.72. The molecule has 0 N–H and O–H groups in total. The van der Waals surface area contributed by atoms with Crippen LogP contribution in [0.2, 0.25) is 0 Å². The standard InChI is InChI=1S/C34H44Br2/c1-31(2,3)23-15-21(16-24(19-23)32(4,5)6)27-13-14-28(30(36)29(27)35)22-17-25(33(7,8)9)20-26(18-22)34(10,11)12/h13-20H,1-12H3. The second kappa shape index (κ2) is 9.73. The van der Waals surface area contributed by atoms with Crippen molar-refractivity contribution in [2.75, 3.05) is 0 Å². The molecule has 0 nitrogen and oxygen atoms in total. The lowest BCUT2D eigenvalue weighted by molar-refractivity contribution is 0.568. The summed E-state index contributed by atoms with van der Waals surface area (Å²) in [5, 5.41) is 0. The first-order valence-electron chi connectivity index (χ1n) is 13.0. The molecule has 0 fully saturated rings. The smallest absolute Gasteiger partial charge is 0.0402 e. The molecule has 0 unspecified atom stereocenters. The van der Waals surface area contributed by atoms with Crippen molar-refractivity contribution in [2.24, 2.45) is 0 Å². The minimum absolute atomic E-state index is 0.0798. The highest BCUT2D eigenvalue weighted by Gasteiger charge is 2.24. The molecule has 0 radical (unpaired) electrons.